The van der Waals surface area contributed by atoms with Gasteiger partial charge < -0.3 is 5.32 Å². The lowest BCUT2D eigenvalue weighted by Gasteiger charge is -2.05. The van der Waals surface area contributed by atoms with Crippen molar-refractivity contribution in [3.8, 4) is 6.07 Å². The predicted molar refractivity (Wildman–Crippen MR) is 65.6 cm³/mol. The molecule has 0 aliphatic heterocycles. The summed E-state index contributed by atoms with van der Waals surface area (Å²) in [4.78, 5) is 4.07. The van der Waals surface area contributed by atoms with Crippen LogP contribution < -0.4 is 5.32 Å². The number of nitrogens with one attached hydrogen (secondary N) is 1. The van der Waals surface area contributed by atoms with Gasteiger partial charge in [0.15, 0.2) is 0 Å². The van der Waals surface area contributed by atoms with Gasteiger partial charge in [0.25, 0.3) is 0 Å². The van der Waals surface area contributed by atoms with Gasteiger partial charge in [0.2, 0.25) is 0 Å². The lowest BCUT2D eigenvalue weighted by atomic mass is 10.2. The van der Waals surface area contributed by atoms with Crippen LogP contribution in [0.5, 0.6) is 0 Å². The molecule has 0 bridgehead atoms. The van der Waals surface area contributed by atoms with E-state index in [2.05, 4.69) is 10.3 Å². The molecule has 0 amide bonds. The lowest BCUT2D eigenvalue weighted by Crippen LogP contribution is -2.01. The number of rotatable bonds is 3. The second-order valence-electron chi connectivity index (χ2n) is 3.21. The number of anilines is 1. The van der Waals surface area contributed by atoms with E-state index in [9.17, 15) is 4.39 Å². The van der Waals surface area contributed by atoms with Crippen molar-refractivity contribution in [1.29, 1.82) is 5.26 Å². The van der Waals surface area contributed by atoms with Gasteiger partial charge in [0.1, 0.15) is 21.2 Å². The van der Waals surface area contributed by atoms with Crippen LogP contribution in [-0.4, -0.2) is 4.98 Å². The number of thiazole rings is 1. The first kappa shape index (κ1) is 11.8. The van der Waals surface area contributed by atoms with Gasteiger partial charge in [-0.05, 0) is 18.2 Å². The van der Waals surface area contributed by atoms with E-state index in [1.54, 1.807) is 6.20 Å². The van der Waals surface area contributed by atoms with Gasteiger partial charge in [-0.25, -0.2) is 9.37 Å². The fraction of sp³-hybridized carbons (Fsp3) is 0.0909. The van der Waals surface area contributed by atoms with Crippen molar-refractivity contribution in [3.63, 3.8) is 0 Å². The second-order valence-corrected chi connectivity index (χ2v) is 4.96. The third kappa shape index (κ3) is 2.93. The number of halogens is 2. The molecule has 0 radical (unpaired) electrons. The molecule has 0 atom stereocenters. The average Bonchev–Trinajstić information content (AvgIpc) is 2.73. The molecule has 1 N–H and O–H groups in total. The van der Waals surface area contributed by atoms with E-state index in [1.807, 2.05) is 6.07 Å². The molecule has 0 aliphatic carbocycles. The van der Waals surface area contributed by atoms with Crippen molar-refractivity contribution in [1.82, 2.24) is 4.98 Å². The number of benzene rings is 1. The summed E-state index contributed by atoms with van der Waals surface area (Å²) < 4.78 is 13.5. The van der Waals surface area contributed by atoms with Crippen LogP contribution >= 0.6 is 22.9 Å². The molecule has 0 spiro atoms. The number of nitriles is 1. The van der Waals surface area contributed by atoms with Crippen LogP contribution in [-0.2, 0) is 6.54 Å². The van der Waals surface area contributed by atoms with Gasteiger partial charge in [0.05, 0.1) is 24.0 Å². The first-order valence-electron chi connectivity index (χ1n) is 4.73. The summed E-state index contributed by atoms with van der Waals surface area (Å²) in [5.41, 5.74) is 0.855. The predicted octanol–water partition coefficient (Wildman–Crippen LogP) is 3.42. The maximum atomic E-state index is 12.9. The molecule has 2 rings (SSSR count). The van der Waals surface area contributed by atoms with E-state index in [0.717, 1.165) is 5.01 Å². The van der Waals surface area contributed by atoms with Crippen LogP contribution in [0.1, 0.15) is 10.6 Å². The van der Waals surface area contributed by atoms with Crippen LogP contribution in [0.2, 0.25) is 4.34 Å². The SMILES string of the molecule is N#Cc1cc(F)ccc1NCc1ncc(Cl)s1. The summed E-state index contributed by atoms with van der Waals surface area (Å²) in [6.07, 6.45) is 1.57. The minimum atomic E-state index is -0.426. The van der Waals surface area contributed by atoms with E-state index in [-0.39, 0.29) is 5.56 Å². The first-order chi connectivity index (χ1) is 8.19. The maximum absolute atomic E-state index is 12.9. The number of aromatic nitrogens is 1. The molecular weight excluding hydrogens is 261 g/mol. The molecule has 17 heavy (non-hydrogen) atoms. The van der Waals surface area contributed by atoms with Crippen molar-refractivity contribution in [2.75, 3.05) is 5.32 Å². The van der Waals surface area contributed by atoms with Crippen molar-refractivity contribution in [3.05, 3.63) is 45.1 Å². The van der Waals surface area contributed by atoms with Crippen LogP contribution in [0.15, 0.2) is 24.4 Å². The summed E-state index contributed by atoms with van der Waals surface area (Å²) in [7, 11) is 0. The monoisotopic (exact) mass is 267 g/mol. The van der Waals surface area contributed by atoms with Gasteiger partial charge in [-0.1, -0.05) is 11.6 Å². The molecule has 3 nitrogen and oxygen atoms in total. The molecule has 0 saturated heterocycles. The summed E-state index contributed by atoms with van der Waals surface area (Å²) in [6, 6.07) is 5.96. The maximum Gasteiger partial charge on any atom is 0.124 e. The zero-order chi connectivity index (χ0) is 12.3. The minimum Gasteiger partial charge on any atom is -0.377 e. The molecule has 86 valence electrons. The third-order valence-corrected chi connectivity index (χ3v) is 3.17. The topological polar surface area (TPSA) is 48.7 Å². The Kier molecular flexibility index (Phi) is 3.57. The van der Waals surface area contributed by atoms with E-state index in [1.165, 1.54) is 29.5 Å². The number of hydrogen-bond acceptors (Lipinski definition) is 4. The minimum absolute atomic E-state index is 0.271. The zero-order valence-electron chi connectivity index (χ0n) is 8.58. The molecule has 0 unspecified atom stereocenters. The highest BCUT2D eigenvalue weighted by atomic mass is 35.5. The third-order valence-electron chi connectivity index (χ3n) is 2.06. The second kappa shape index (κ2) is 5.13. The number of hydrogen-bond donors (Lipinski definition) is 1. The summed E-state index contributed by atoms with van der Waals surface area (Å²) in [5.74, 6) is -0.426. The van der Waals surface area contributed by atoms with Gasteiger partial charge in [0, 0.05) is 0 Å². The molecular formula is C11H7ClFN3S. The standard InChI is InChI=1S/C11H7ClFN3S/c12-10-5-16-11(17-10)6-15-9-2-1-8(13)3-7(9)4-14/h1-3,5,15H,6H2. The molecule has 1 aromatic heterocycles. The Balaban J connectivity index is 2.12. The van der Waals surface area contributed by atoms with E-state index < -0.39 is 5.82 Å². The Hall–Kier alpha value is -1.64. The Bertz CT molecular complexity index is 576. The molecule has 0 saturated carbocycles. The fourth-order valence-corrected chi connectivity index (χ4v) is 2.20. The highest BCUT2D eigenvalue weighted by Gasteiger charge is 2.05. The first-order valence-corrected chi connectivity index (χ1v) is 5.92. The van der Waals surface area contributed by atoms with Crippen molar-refractivity contribution >= 4 is 28.6 Å². The van der Waals surface area contributed by atoms with Crippen molar-refractivity contribution in [2.45, 2.75) is 6.54 Å². The highest BCUT2D eigenvalue weighted by Crippen LogP contribution is 2.21. The van der Waals surface area contributed by atoms with Crippen LogP contribution in [0.4, 0.5) is 10.1 Å². The normalized spacial score (nSPS) is 9.94. The Labute approximate surface area is 106 Å². The fourth-order valence-electron chi connectivity index (χ4n) is 1.30. The van der Waals surface area contributed by atoms with Gasteiger partial charge in [-0.2, -0.15) is 5.26 Å². The van der Waals surface area contributed by atoms with Crippen LogP contribution in [0, 0.1) is 17.1 Å². The van der Waals surface area contributed by atoms with Crippen molar-refractivity contribution < 1.29 is 4.39 Å². The van der Waals surface area contributed by atoms with Crippen LogP contribution in [0.25, 0.3) is 0 Å². The van der Waals surface area contributed by atoms with Gasteiger partial charge >= 0.3 is 0 Å². The van der Waals surface area contributed by atoms with Gasteiger partial charge in [-0.3, -0.25) is 0 Å². The van der Waals surface area contributed by atoms with Gasteiger partial charge in [-0.15, -0.1) is 11.3 Å². The van der Waals surface area contributed by atoms with Crippen molar-refractivity contribution in [2.24, 2.45) is 0 Å². The summed E-state index contributed by atoms with van der Waals surface area (Å²) in [5, 5.41) is 12.7. The summed E-state index contributed by atoms with van der Waals surface area (Å²) in [6.45, 7) is 0.456. The smallest absolute Gasteiger partial charge is 0.124 e. The van der Waals surface area contributed by atoms with E-state index >= 15 is 0 Å². The van der Waals surface area contributed by atoms with Crippen LogP contribution in [0.3, 0.4) is 0 Å². The Morgan fingerprint density at radius 2 is 2.35 bits per heavy atom. The van der Waals surface area contributed by atoms with E-state index in [4.69, 9.17) is 16.9 Å². The lowest BCUT2D eigenvalue weighted by molar-refractivity contribution is 0.627. The molecule has 1 heterocycles. The molecule has 2 aromatic rings. The number of nitrogens with zero attached hydrogens (tertiary/aromatic N) is 2. The largest absolute Gasteiger partial charge is 0.377 e. The quantitative estimate of drug-likeness (QED) is 0.927. The molecule has 6 heteroatoms. The Morgan fingerprint density at radius 1 is 1.53 bits per heavy atom. The molecule has 1 aromatic carbocycles. The van der Waals surface area contributed by atoms with E-state index in [0.29, 0.717) is 16.6 Å². The average molecular weight is 268 g/mol. The highest BCUT2D eigenvalue weighted by molar-refractivity contribution is 7.15. The zero-order valence-corrected chi connectivity index (χ0v) is 10.1. The Morgan fingerprint density at radius 3 is 3.00 bits per heavy atom. The summed E-state index contributed by atoms with van der Waals surface area (Å²) >= 11 is 7.11. The molecule has 0 aliphatic rings. The molecule has 0 fully saturated rings.